The van der Waals surface area contributed by atoms with Gasteiger partial charge in [-0.2, -0.15) is 0 Å². The van der Waals surface area contributed by atoms with Crippen LogP contribution in [0.4, 0.5) is 0 Å². The zero-order valence-corrected chi connectivity index (χ0v) is 9.63. The van der Waals surface area contributed by atoms with Crippen LogP contribution in [0.2, 0.25) is 0 Å². The predicted octanol–water partition coefficient (Wildman–Crippen LogP) is 2.78. The van der Waals surface area contributed by atoms with E-state index in [1.54, 1.807) is 12.1 Å². The molecule has 18 heavy (non-hydrogen) atoms. The first-order valence-electron chi connectivity index (χ1n) is 5.57. The van der Waals surface area contributed by atoms with Crippen molar-refractivity contribution >= 4 is 12.3 Å². The van der Waals surface area contributed by atoms with Gasteiger partial charge in [-0.25, -0.2) is 4.79 Å². The number of rotatable bonds is 5. The van der Waals surface area contributed by atoms with Gasteiger partial charge in [-0.1, -0.05) is 12.1 Å². The molecule has 0 aliphatic heterocycles. The van der Waals surface area contributed by atoms with Gasteiger partial charge in [0, 0.05) is 18.4 Å². The smallest absolute Gasteiger partial charge is 0.335 e. The maximum Gasteiger partial charge on any atom is 0.335 e. The number of hydrogen-bond donors (Lipinski definition) is 1. The number of benzene rings is 1. The normalized spacial score (nSPS) is 10.2. The minimum atomic E-state index is -0.951. The molecule has 0 radical (unpaired) electrons. The molecule has 2 aromatic rings. The van der Waals surface area contributed by atoms with Gasteiger partial charge in [0.05, 0.1) is 5.56 Å². The number of aryl methyl sites for hydroxylation is 1. The third-order valence-electron chi connectivity index (χ3n) is 2.59. The van der Waals surface area contributed by atoms with Crippen LogP contribution in [0.15, 0.2) is 40.8 Å². The Kier molecular flexibility index (Phi) is 3.57. The summed E-state index contributed by atoms with van der Waals surface area (Å²) in [6.45, 7) is 0. The third-order valence-corrected chi connectivity index (χ3v) is 2.59. The van der Waals surface area contributed by atoms with Gasteiger partial charge in [0.1, 0.15) is 17.8 Å². The van der Waals surface area contributed by atoms with E-state index in [1.165, 1.54) is 12.1 Å². The number of aldehydes is 1. The van der Waals surface area contributed by atoms with Gasteiger partial charge in [-0.05, 0) is 24.3 Å². The minimum Gasteiger partial charge on any atom is -0.478 e. The second kappa shape index (κ2) is 5.31. The van der Waals surface area contributed by atoms with Crippen molar-refractivity contribution < 1.29 is 19.1 Å². The van der Waals surface area contributed by atoms with E-state index < -0.39 is 5.97 Å². The van der Waals surface area contributed by atoms with Gasteiger partial charge in [0.25, 0.3) is 0 Å². The topological polar surface area (TPSA) is 67.5 Å². The molecule has 0 aliphatic rings. The molecule has 2 rings (SSSR count). The number of carbonyl (C=O) groups excluding carboxylic acids is 1. The quantitative estimate of drug-likeness (QED) is 0.821. The zero-order chi connectivity index (χ0) is 13.0. The number of carbonyl (C=O) groups is 2. The van der Waals surface area contributed by atoms with Crippen LogP contribution in [0.3, 0.4) is 0 Å². The Hall–Kier alpha value is -2.36. The van der Waals surface area contributed by atoms with E-state index in [4.69, 9.17) is 9.52 Å². The Balaban J connectivity index is 2.18. The number of carboxylic acid groups (broad SMARTS) is 1. The first-order chi connectivity index (χ1) is 8.70. The average Bonchev–Trinajstić information content (AvgIpc) is 2.85. The molecule has 0 saturated carbocycles. The molecule has 0 amide bonds. The van der Waals surface area contributed by atoms with Crippen molar-refractivity contribution in [2.75, 3.05) is 0 Å². The molecule has 0 bridgehead atoms. The fraction of sp³-hybridized carbons (Fsp3) is 0.143. The zero-order valence-electron chi connectivity index (χ0n) is 9.63. The summed E-state index contributed by atoms with van der Waals surface area (Å²) < 4.78 is 5.57. The molecule has 0 fully saturated rings. The average molecular weight is 244 g/mol. The summed E-state index contributed by atoms with van der Waals surface area (Å²) in [5.41, 5.74) is 1.06. The monoisotopic (exact) mass is 244 g/mol. The summed E-state index contributed by atoms with van der Waals surface area (Å²) in [4.78, 5) is 21.0. The van der Waals surface area contributed by atoms with Crippen LogP contribution >= 0.6 is 0 Å². The number of carboxylic acids is 1. The fourth-order valence-electron chi connectivity index (χ4n) is 1.65. The fourth-order valence-corrected chi connectivity index (χ4v) is 1.65. The van der Waals surface area contributed by atoms with Crippen LogP contribution < -0.4 is 0 Å². The highest BCUT2D eigenvalue weighted by molar-refractivity contribution is 5.88. The highest BCUT2D eigenvalue weighted by Crippen LogP contribution is 2.23. The van der Waals surface area contributed by atoms with Crippen molar-refractivity contribution in [2.45, 2.75) is 12.8 Å². The van der Waals surface area contributed by atoms with Crippen molar-refractivity contribution in [3.05, 3.63) is 47.7 Å². The Morgan fingerprint density at radius 2 is 1.89 bits per heavy atom. The molecule has 4 heteroatoms. The largest absolute Gasteiger partial charge is 0.478 e. The number of furan rings is 1. The summed E-state index contributed by atoms with van der Waals surface area (Å²) >= 11 is 0. The summed E-state index contributed by atoms with van der Waals surface area (Å²) in [6, 6.07) is 10.1. The summed E-state index contributed by atoms with van der Waals surface area (Å²) in [6.07, 6.45) is 1.87. The molecule has 0 atom stereocenters. The molecule has 0 unspecified atom stereocenters. The number of hydrogen-bond acceptors (Lipinski definition) is 3. The van der Waals surface area contributed by atoms with E-state index in [9.17, 15) is 9.59 Å². The van der Waals surface area contributed by atoms with Gasteiger partial charge in [0.2, 0.25) is 0 Å². The first-order valence-corrected chi connectivity index (χ1v) is 5.57. The van der Waals surface area contributed by atoms with Crippen molar-refractivity contribution in [3.63, 3.8) is 0 Å². The van der Waals surface area contributed by atoms with Crippen LogP contribution in [0.5, 0.6) is 0 Å². The van der Waals surface area contributed by atoms with E-state index in [0.717, 1.165) is 17.6 Å². The van der Waals surface area contributed by atoms with E-state index in [0.29, 0.717) is 18.6 Å². The molecule has 1 aromatic carbocycles. The molecular formula is C14H12O4. The van der Waals surface area contributed by atoms with Crippen LogP contribution in [0.25, 0.3) is 11.3 Å². The molecule has 1 N–H and O–H groups in total. The van der Waals surface area contributed by atoms with Crippen molar-refractivity contribution in [1.82, 2.24) is 0 Å². The van der Waals surface area contributed by atoms with Gasteiger partial charge < -0.3 is 14.3 Å². The lowest BCUT2D eigenvalue weighted by Gasteiger charge is -1.98. The van der Waals surface area contributed by atoms with Crippen LogP contribution in [0, 0.1) is 0 Å². The Bertz CT molecular complexity index is 551. The SMILES string of the molecule is O=CCCc1ccc(-c2ccc(C(=O)O)cc2)o1. The van der Waals surface area contributed by atoms with E-state index >= 15 is 0 Å². The summed E-state index contributed by atoms with van der Waals surface area (Å²) in [7, 11) is 0. The van der Waals surface area contributed by atoms with Crippen LogP contribution in [-0.4, -0.2) is 17.4 Å². The molecular weight excluding hydrogens is 232 g/mol. The Morgan fingerprint density at radius 3 is 2.50 bits per heavy atom. The molecule has 92 valence electrons. The standard InChI is InChI=1S/C14H12O4/c15-9-1-2-12-7-8-13(18-12)10-3-5-11(6-4-10)14(16)17/h3-9H,1-2H2,(H,16,17). The van der Waals surface area contributed by atoms with Gasteiger partial charge in [-0.15, -0.1) is 0 Å². The van der Waals surface area contributed by atoms with Crippen LogP contribution in [0.1, 0.15) is 22.5 Å². The summed E-state index contributed by atoms with van der Waals surface area (Å²) in [5, 5.41) is 8.79. The molecule has 1 aromatic heterocycles. The molecule has 0 spiro atoms. The van der Waals surface area contributed by atoms with Gasteiger partial charge >= 0.3 is 5.97 Å². The van der Waals surface area contributed by atoms with Crippen LogP contribution in [-0.2, 0) is 11.2 Å². The Labute approximate surface area is 104 Å². The second-order valence-electron chi connectivity index (χ2n) is 3.85. The lowest BCUT2D eigenvalue weighted by atomic mass is 10.1. The first kappa shape index (κ1) is 12.1. The molecule has 4 nitrogen and oxygen atoms in total. The molecule has 0 aliphatic carbocycles. The van der Waals surface area contributed by atoms with Gasteiger partial charge in [-0.3, -0.25) is 0 Å². The second-order valence-corrected chi connectivity index (χ2v) is 3.85. The lowest BCUT2D eigenvalue weighted by molar-refractivity contribution is -0.107. The van der Waals surface area contributed by atoms with Crippen molar-refractivity contribution in [2.24, 2.45) is 0 Å². The van der Waals surface area contributed by atoms with E-state index in [2.05, 4.69) is 0 Å². The minimum absolute atomic E-state index is 0.242. The van der Waals surface area contributed by atoms with E-state index in [1.807, 2.05) is 12.1 Å². The van der Waals surface area contributed by atoms with Crippen molar-refractivity contribution in [1.29, 1.82) is 0 Å². The predicted molar refractivity (Wildman–Crippen MR) is 65.5 cm³/mol. The van der Waals surface area contributed by atoms with E-state index in [-0.39, 0.29) is 5.56 Å². The number of aromatic carboxylic acids is 1. The highest BCUT2D eigenvalue weighted by atomic mass is 16.4. The molecule has 1 heterocycles. The third kappa shape index (κ3) is 2.66. The summed E-state index contributed by atoms with van der Waals surface area (Å²) in [5.74, 6) is 0.472. The molecule has 0 saturated heterocycles. The maximum atomic E-state index is 10.7. The van der Waals surface area contributed by atoms with Gasteiger partial charge in [0.15, 0.2) is 0 Å². The highest BCUT2D eigenvalue weighted by Gasteiger charge is 2.06. The maximum absolute atomic E-state index is 10.7. The van der Waals surface area contributed by atoms with Crippen molar-refractivity contribution in [3.8, 4) is 11.3 Å². The Morgan fingerprint density at radius 1 is 1.17 bits per heavy atom. The lowest BCUT2D eigenvalue weighted by Crippen LogP contribution is -1.94.